The zero-order valence-electron chi connectivity index (χ0n) is 13.5. The second kappa shape index (κ2) is 5.63. The predicted octanol–water partition coefficient (Wildman–Crippen LogP) is 3.13. The number of carbonyl (C=O) groups is 1. The van der Waals surface area contributed by atoms with E-state index >= 15 is 0 Å². The van der Waals surface area contributed by atoms with Crippen molar-refractivity contribution in [2.75, 3.05) is 13.1 Å². The molecule has 5 heteroatoms. The van der Waals surface area contributed by atoms with E-state index in [1.165, 1.54) is 5.69 Å². The van der Waals surface area contributed by atoms with Crippen LogP contribution < -0.4 is 0 Å². The topological polar surface area (TPSA) is 46.8 Å². The summed E-state index contributed by atoms with van der Waals surface area (Å²) in [5.74, 6) is 0.473. The molecule has 118 valence electrons. The van der Waals surface area contributed by atoms with Crippen molar-refractivity contribution in [3.05, 3.63) is 36.3 Å². The maximum Gasteiger partial charge on any atom is 0.410 e. The van der Waals surface area contributed by atoms with Crippen molar-refractivity contribution in [2.45, 2.75) is 39.2 Å². The largest absolute Gasteiger partial charge is 0.444 e. The van der Waals surface area contributed by atoms with Crippen LogP contribution in [-0.2, 0) is 11.2 Å². The Bertz CT molecular complexity index is 672. The molecule has 0 saturated carbocycles. The van der Waals surface area contributed by atoms with Crippen molar-refractivity contribution in [2.24, 2.45) is 5.92 Å². The summed E-state index contributed by atoms with van der Waals surface area (Å²) in [4.78, 5) is 18.3. The Labute approximate surface area is 130 Å². The van der Waals surface area contributed by atoms with Crippen LogP contribution in [0.3, 0.4) is 0 Å². The van der Waals surface area contributed by atoms with Gasteiger partial charge in [0.25, 0.3) is 0 Å². The van der Waals surface area contributed by atoms with Crippen molar-refractivity contribution < 1.29 is 9.53 Å². The van der Waals surface area contributed by atoms with Gasteiger partial charge in [0.2, 0.25) is 0 Å². The van der Waals surface area contributed by atoms with Crippen molar-refractivity contribution in [1.82, 2.24) is 14.3 Å². The quantitative estimate of drug-likeness (QED) is 0.856. The molecule has 1 unspecified atom stereocenters. The lowest BCUT2D eigenvalue weighted by Gasteiger charge is -2.24. The number of amides is 1. The zero-order chi connectivity index (χ0) is 15.7. The Balaban J connectivity index is 1.64. The number of pyridine rings is 1. The Morgan fingerprint density at radius 3 is 3.00 bits per heavy atom. The number of fused-ring (bicyclic) bond motifs is 1. The Morgan fingerprint density at radius 2 is 2.23 bits per heavy atom. The number of nitrogens with zero attached hydrogens (tertiary/aromatic N) is 3. The van der Waals surface area contributed by atoms with Gasteiger partial charge >= 0.3 is 6.09 Å². The zero-order valence-corrected chi connectivity index (χ0v) is 13.5. The number of likely N-dealkylation sites (tertiary alicyclic amines) is 1. The monoisotopic (exact) mass is 301 g/mol. The molecule has 1 saturated heterocycles. The standard InChI is InChI=1S/C17H23N3O2/c1-17(2,3)22-16(21)19-9-7-13(12-19)11-14-5-4-6-15-18-8-10-20(14)15/h4-6,8,10,13H,7,9,11-12H2,1-3H3. The maximum absolute atomic E-state index is 12.1. The molecule has 0 N–H and O–H groups in total. The highest BCUT2D eigenvalue weighted by Crippen LogP contribution is 2.23. The number of ether oxygens (including phenoxy) is 1. The van der Waals surface area contributed by atoms with Gasteiger partial charge in [0.1, 0.15) is 11.2 Å². The van der Waals surface area contributed by atoms with Crippen molar-refractivity contribution in [1.29, 1.82) is 0 Å². The van der Waals surface area contributed by atoms with Gasteiger partial charge in [-0.2, -0.15) is 0 Å². The van der Waals surface area contributed by atoms with Crippen LogP contribution in [0.1, 0.15) is 32.9 Å². The first-order chi connectivity index (χ1) is 10.4. The molecule has 22 heavy (non-hydrogen) atoms. The molecular formula is C17H23N3O2. The van der Waals surface area contributed by atoms with Gasteiger partial charge in [-0.15, -0.1) is 0 Å². The number of carbonyl (C=O) groups excluding carboxylic acids is 1. The van der Waals surface area contributed by atoms with Gasteiger partial charge in [0.05, 0.1) is 0 Å². The SMILES string of the molecule is CC(C)(C)OC(=O)N1CCC(Cc2cccc3nccn23)C1. The molecule has 0 spiro atoms. The van der Waals surface area contributed by atoms with Crippen LogP contribution >= 0.6 is 0 Å². The molecule has 0 aliphatic carbocycles. The summed E-state index contributed by atoms with van der Waals surface area (Å²) in [5.41, 5.74) is 1.78. The molecule has 1 aliphatic heterocycles. The molecule has 1 fully saturated rings. The Kier molecular flexibility index (Phi) is 3.81. The van der Waals surface area contributed by atoms with E-state index < -0.39 is 5.60 Å². The van der Waals surface area contributed by atoms with Crippen molar-refractivity contribution in [3.8, 4) is 0 Å². The van der Waals surface area contributed by atoms with Crippen molar-refractivity contribution in [3.63, 3.8) is 0 Å². The van der Waals surface area contributed by atoms with E-state index in [0.29, 0.717) is 5.92 Å². The van der Waals surface area contributed by atoms with Gasteiger partial charge in [-0.05, 0) is 51.7 Å². The number of imidazole rings is 1. The van der Waals surface area contributed by atoms with Crippen LogP contribution in [0.5, 0.6) is 0 Å². The normalized spacial score (nSPS) is 18.9. The number of aromatic nitrogens is 2. The van der Waals surface area contributed by atoms with E-state index in [2.05, 4.69) is 15.5 Å². The van der Waals surface area contributed by atoms with Crippen LogP contribution in [0.15, 0.2) is 30.6 Å². The number of hydrogen-bond acceptors (Lipinski definition) is 3. The van der Waals surface area contributed by atoms with Crippen LogP contribution in [0, 0.1) is 5.92 Å². The third kappa shape index (κ3) is 3.24. The fourth-order valence-electron chi connectivity index (χ4n) is 2.96. The minimum atomic E-state index is -0.433. The minimum absolute atomic E-state index is 0.198. The summed E-state index contributed by atoms with van der Waals surface area (Å²) in [7, 11) is 0. The van der Waals surface area contributed by atoms with Gasteiger partial charge in [0, 0.05) is 31.2 Å². The predicted molar refractivity (Wildman–Crippen MR) is 84.8 cm³/mol. The lowest BCUT2D eigenvalue weighted by molar-refractivity contribution is 0.0288. The Morgan fingerprint density at radius 1 is 1.41 bits per heavy atom. The van der Waals surface area contributed by atoms with E-state index in [4.69, 9.17) is 4.74 Å². The first kappa shape index (κ1) is 14.9. The summed E-state index contributed by atoms with van der Waals surface area (Å²) >= 11 is 0. The molecule has 3 heterocycles. The molecule has 1 atom stereocenters. The van der Waals surface area contributed by atoms with Crippen LogP contribution in [0.4, 0.5) is 4.79 Å². The highest BCUT2D eigenvalue weighted by atomic mass is 16.6. The smallest absolute Gasteiger partial charge is 0.410 e. The van der Waals surface area contributed by atoms with Crippen LogP contribution in [-0.4, -0.2) is 39.1 Å². The first-order valence-electron chi connectivity index (χ1n) is 7.81. The molecular weight excluding hydrogens is 278 g/mol. The summed E-state index contributed by atoms with van der Waals surface area (Å²) in [6.07, 6.45) is 5.58. The molecule has 1 amide bonds. The lowest BCUT2D eigenvalue weighted by Crippen LogP contribution is -2.35. The highest BCUT2D eigenvalue weighted by molar-refractivity contribution is 5.68. The minimum Gasteiger partial charge on any atom is -0.444 e. The Hall–Kier alpha value is -2.04. The molecule has 2 aromatic heterocycles. The lowest BCUT2D eigenvalue weighted by atomic mass is 10.0. The van der Waals surface area contributed by atoms with Gasteiger partial charge in [0.15, 0.2) is 0 Å². The molecule has 2 aromatic rings. The third-order valence-corrected chi connectivity index (χ3v) is 3.95. The molecule has 3 rings (SSSR count). The molecule has 1 aliphatic rings. The summed E-state index contributed by atoms with van der Waals surface area (Å²) in [6, 6.07) is 6.17. The number of hydrogen-bond donors (Lipinski definition) is 0. The first-order valence-corrected chi connectivity index (χ1v) is 7.81. The fourth-order valence-corrected chi connectivity index (χ4v) is 2.96. The average molecular weight is 301 g/mol. The van der Waals surface area contributed by atoms with Gasteiger partial charge in [-0.25, -0.2) is 9.78 Å². The fraction of sp³-hybridized carbons (Fsp3) is 0.529. The van der Waals surface area contributed by atoms with Gasteiger partial charge in [-0.1, -0.05) is 6.07 Å². The molecule has 0 bridgehead atoms. The summed E-state index contributed by atoms with van der Waals surface area (Å²) in [5, 5.41) is 0. The van der Waals surface area contributed by atoms with E-state index in [-0.39, 0.29) is 6.09 Å². The number of rotatable bonds is 2. The van der Waals surface area contributed by atoms with Gasteiger partial charge < -0.3 is 14.0 Å². The second-order valence-corrected chi connectivity index (χ2v) is 6.96. The van der Waals surface area contributed by atoms with E-state index in [1.54, 1.807) is 0 Å². The summed E-state index contributed by atoms with van der Waals surface area (Å²) in [6.45, 7) is 7.24. The highest BCUT2D eigenvalue weighted by Gasteiger charge is 2.30. The maximum atomic E-state index is 12.1. The molecule has 0 aromatic carbocycles. The van der Waals surface area contributed by atoms with Gasteiger partial charge in [-0.3, -0.25) is 0 Å². The average Bonchev–Trinajstić information content (AvgIpc) is 3.05. The molecule has 0 radical (unpaired) electrons. The summed E-state index contributed by atoms with van der Waals surface area (Å²) < 4.78 is 7.57. The van der Waals surface area contributed by atoms with E-state index in [0.717, 1.165) is 31.6 Å². The van der Waals surface area contributed by atoms with Crippen molar-refractivity contribution >= 4 is 11.7 Å². The van der Waals surface area contributed by atoms with E-state index in [9.17, 15) is 4.79 Å². The van der Waals surface area contributed by atoms with Crippen LogP contribution in [0.2, 0.25) is 0 Å². The third-order valence-electron chi connectivity index (χ3n) is 3.95. The molecule has 5 nitrogen and oxygen atoms in total. The van der Waals surface area contributed by atoms with Crippen LogP contribution in [0.25, 0.3) is 5.65 Å². The van der Waals surface area contributed by atoms with E-state index in [1.807, 2.05) is 50.2 Å². The second-order valence-electron chi connectivity index (χ2n) is 6.96.